The van der Waals surface area contributed by atoms with Crippen molar-refractivity contribution in [3.63, 3.8) is 0 Å². The van der Waals surface area contributed by atoms with Gasteiger partial charge in [-0.25, -0.2) is 4.79 Å². The van der Waals surface area contributed by atoms with Crippen LogP contribution in [0.3, 0.4) is 0 Å². The summed E-state index contributed by atoms with van der Waals surface area (Å²) < 4.78 is 1.78. The zero-order chi connectivity index (χ0) is 18.7. The van der Waals surface area contributed by atoms with Crippen LogP contribution < -0.4 is 0 Å². The molecule has 2 aromatic carbocycles. The molecule has 0 spiro atoms. The topological polar surface area (TPSA) is 75.3 Å². The molecule has 0 aliphatic rings. The maximum Gasteiger partial charge on any atom is 0.335 e. The smallest absolute Gasteiger partial charge is 0.335 e. The van der Waals surface area contributed by atoms with Gasteiger partial charge < -0.3 is 10.2 Å². The average molecular weight is 371 g/mol. The fraction of sp³-hybridized carbons (Fsp3) is 0.200. The molecular weight excluding hydrogens is 352 g/mol. The fourth-order valence-electron chi connectivity index (χ4n) is 2.66. The minimum Gasteiger partial charge on any atom is -0.478 e. The number of hydrogen-bond donors (Lipinski definition) is 2. The lowest BCUT2D eigenvalue weighted by Gasteiger charge is -2.11. The summed E-state index contributed by atoms with van der Waals surface area (Å²) in [5.74, 6) is -0.963. The van der Waals surface area contributed by atoms with Gasteiger partial charge in [-0.15, -0.1) is 0 Å². The highest BCUT2D eigenvalue weighted by molar-refractivity contribution is 6.30. The van der Waals surface area contributed by atoms with Crippen LogP contribution in [0, 0.1) is 0 Å². The highest BCUT2D eigenvalue weighted by atomic mass is 35.5. The molecule has 26 heavy (non-hydrogen) atoms. The van der Waals surface area contributed by atoms with Gasteiger partial charge in [0.1, 0.15) is 0 Å². The SMILES string of the molecule is CC[C@H](O)Cn1nc(-c2ccc(C(=O)O)cc2)cc1-c1ccc(Cl)cc1. The number of aromatic nitrogens is 2. The summed E-state index contributed by atoms with van der Waals surface area (Å²) in [5, 5.41) is 24.4. The Morgan fingerprint density at radius 1 is 1.12 bits per heavy atom. The average Bonchev–Trinajstić information content (AvgIpc) is 3.06. The first-order valence-electron chi connectivity index (χ1n) is 8.33. The number of benzene rings is 2. The molecule has 1 atom stereocenters. The molecule has 2 N–H and O–H groups in total. The van der Waals surface area contributed by atoms with Gasteiger partial charge in [-0.2, -0.15) is 5.10 Å². The van der Waals surface area contributed by atoms with Crippen molar-refractivity contribution in [2.24, 2.45) is 0 Å². The van der Waals surface area contributed by atoms with E-state index in [2.05, 4.69) is 5.10 Å². The second-order valence-corrected chi connectivity index (χ2v) is 6.48. The van der Waals surface area contributed by atoms with Gasteiger partial charge >= 0.3 is 5.97 Å². The molecule has 134 valence electrons. The second kappa shape index (κ2) is 7.72. The molecule has 3 aromatic rings. The van der Waals surface area contributed by atoms with E-state index in [0.717, 1.165) is 22.5 Å². The predicted molar refractivity (Wildman–Crippen MR) is 101 cm³/mol. The fourth-order valence-corrected chi connectivity index (χ4v) is 2.79. The first kappa shape index (κ1) is 18.2. The summed E-state index contributed by atoms with van der Waals surface area (Å²) in [4.78, 5) is 11.0. The van der Waals surface area contributed by atoms with Crippen LogP contribution in [-0.4, -0.2) is 32.1 Å². The Labute approximate surface area is 156 Å². The van der Waals surface area contributed by atoms with Gasteiger partial charge in [0.2, 0.25) is 0 Å². The minimum atomic E-state index is -0.963. The van der Waals surface area contributed by atoms with E-state index in [4.69, 9.17) is 16.7 Å². The van der Waals surface area contributed by atoms with Crippen LogP contribution in [0.25, 0.3) is 22.5 Å². The first-order valence-corrected chi connectivity index (χ1v) is 8.71. The molecule has 0 radical (unpaired) electrons. The number of aliphatic hydroxyl groups is 1. The Kier molecular flexibility index (Phi) is 5.40. The van der Waals surface area contributed by atoms with Crippen LogP contribution >= 0.6 is 11.6 Å². The molecule has 0 bridgehead atoms. The maximum absolute atomic E-state index is 11.0. The molecule has 1 heterocycles. The van der Waals surface area contributed by atoms with Crippen molar-refractivity contribution in [2.45, 2.75) is 26.0 Å². The zero-order valence-electron chi connectivity index (χ0n) is 14.3. The lowest BCUT2D eigenvalue weighted by Crippen LogP contribution is -2.16. The van der Waals surface area contributed by atoms with Gasteiger partial charge in [-0.05, 0) is 42.3 Å². The molecule has 0 fully saturated rings. The van der Waals surface area contributed by atoms with Gasteiger partial charge in [0.15, 0.2) is 0 Å². The molecule has 0 saturated carbocycles. The summed E-state index contributed by atoms with van der Waals surface area (Å²) in [7, 11) is 0. The van der Waals surface area contributed by atoms with Crippen LogP contribution in [0.4, 0.5) is 0 Å². The molecule has 1 aromatic heterocycles. The zero-order valence-corrected chi connectivity index (χ0v) is 15.0. The number of nitrogens with zero attached hydrogens (tertiary/aromatic N) is 2. The van der Waals surface area contributed by atoms with E-state index in [1.165, 1.54) is 0 Å². The monoisotopic (exact) mass is 370 g/mol. The van der Waals surface area contributed by atoms with Crippen LogP contribution in [0.15, 0.2) is 54.6 Å². The van der Waals surface area contributed by atoms with E-state index >= 15 is 0 Å². The Balaban J connectivity index is 2.02. The van der Waals surface area contributed by atoms with Gasteiger partial charge in [-0.3, -0.25) is 4.68 Å². The van der Waals surface area contributed by atoms with Crippen molar-refractivity contribution < 1.29 is 15.0 Å². The number of aromatic carboxylic acids is 1. The number of carbonyl (C=O) groups is 1. The number of halogens is 1. The second-order valence-electron chi connectivity index (χ2n) is 6.05. The van der Waals surface area contributed by atoms with Crippen LogP contribution in [0.5, 0.6) is 0 Å². The number of rotatable bonds is 6. The third-order valence-electron chi connectivity index (χ3n) is 4.20. The Morgan fingerprint density at radius 3 is 2.31 bits per heavy atom. The third-order valence-corrected chi connectivity index (χ3v) is 4.45. The minimum absolute atomic E-state index is 0.229. The number of carboxylic acid groups (broad SMARTS) is 1. The van der Waals surface area contributed by atoms with Crippen molar-refractivity contribution in [3.8, 4) is 22.5 Å². The largest absolute Gasteiger partial charge is 0.478 e. The number of hydrogen-bond acceptors (Lipinski definition) is 3. The van der Waals surface area contributed by atoms with Gasteiger partial charge in [0, 0.05) is 10.6 Å². The van der Waals surface area contributed by atoms with E-state index in [1.807, 2.05) is 37.3 Å². The highest BCUT2D eigenvalue weighted by Crippen LogP contribution is 2.28. The Bertz CT molecular complexity index is 902. The standard InChI is InChI=1S/C20H19ClN2O3/c1-2-17(24)12-23-19(14-7-9-16(21)10-8-14)11-18(22-23)13-3-5-15(6-4-13)20(25)26/h3-11,17,24H,2,12H2,1H3,(H,25,26)/t17-/m0/s1. The van der Waals surface area contributed by atoms with E-state index in [0.29, 0.717) is 18.0 Å². The van der Waals surface area contributed by atoms with Crippen LogP contribution in [0.2, 0.25) is 5.02 Å². The van der Waals surface area contributed by atoms with Crippen molar-refractivity contribution >= 4 is 17.6 Å². The summed E-state index contributed by atoms with van der Waals surface area (Å²) in [6.45, 7) is 2.29. The molecule has 0 unspecified atom stereocenters. The van der Waals surface area contributed by atoms with E-state index in [9.17, 15) is 9.90 Å². The van der Waals surface area contributed by atoms with Crippen molar-refractivity contribution in [2.75, 3.05) is 0 Å². The molecule has 0 saturated heterocycles. The van der Waals surface area contributed by atoms with Crippen molar-refractivity contribution in [1.82, 2.24) is 9.78 Å². The molecule has 5 nitrogen and oxygen atoms in total. The van der Waals surface area contributed by atoms with E-state index < -0.39 is 12.1 Å². The van der Waals surface area contributed by atoms with E-state index in [1.54, 1.807) is 28.9 Å². The van der Waals surface area contributed by atoms with Crippen LogP contribution in [0.1, 0.15) is 23.7 Å². The van der Waals surface area contributed by atoms with E-state index in [-0.39, 0.29) is 5.56 Å². The van der Waals surface area contributed by atoms with Gasteiger partial charge in [0.05, 0.1) is 29.6 Å². The molecule has 6 heteroatoms. The summed E-state index contributed by atoms with van der Waals surface area (Å²) in [5.41, 5.74) is 3.57. The number of aliphatic hydroxyl groups excluding tert-OH is 1. The summed E-state index contributed by atoms with van der Waals surface area (Å²) in [6.07, 6.45) is 0.130. The van der Waals surface area contributed by atoms with Gasteiger partial charge in [0.25, 0.3) is 0 Å². The molecule has 3 rings (SSSR count). The Morgan fingerprint density at radius 2 is 1.73 bits per heavy atom. The maximum atomic E-state index is 11.0. The van der Waals surface area contributed by atoms with Crippen LogP contribution in [-0.2, 0) is 6.54 Å². The normalized spacial score (nSPS) is 12.1. The summed E-state index contributed by atoms with van der Waals surface area (Å²) in [6, 6.07) is 15.9. The Hall–Kier alpha value is -2.63. The predicted octanol–water partition coefficient (Wildman–Crippen LogP) is 4.34. The quantitative estimate of drug-likeness (QED) is 0.676. The molecular formula is C20H19ClN2O3. The molecule has 0 aliphatic heterocycles. The van der Waals surface area contributed by atoms with Gasteiger partial charge in [-0.1, -0.05) is 42.8 Å². The van der Waals surface area contributed by atoms with Crippen molar-refractivity contribution in [1.29, 1.82) is 0 Å². The lowest BCUT2D eigenvalue weighted by molar-refractivity contribution is 0.0697. The third kappa shape index (κ3) is 3.95. The van der Waals surface area contributed by atoms with Crippen molar-refractivity contribution in [3.05, 3.63) is 65.2 Å². The molecule has 0 aliphatic carbocycles. The molecule has 0 amide bonds. The summed E-state index contributed by atoms with van der Waals surface area (Å²) >= 11 is 5.98. The highest BCUT2D eigenvalue weighted by Gasteiger charge is 2.14. The number of carboxylic acids is 1. The first-order chi connectivity index (χ1) is 12.5. The lowest BCUT2D eigenvalue weighted by atomic mass is 10.1.